The summed E-state index contributed by atoms with van der Waals surface area (Å²) >= 11 is 0. The van der Waals surface area contributed by atoms with Crippen molar-refractivity contribution in [2.75, 3.05) is 6.61 Å². The van der Waals surface area contributed by atoms with Crippen LogP contribution >= 0.6 is 0 Å². The number of ether oxygens (including phenoxy) is 6. The van der Waals surface area contributed by atoms with E-state index in [1.165, 1.54) is 30.7 Å². The number of carbonyl (C=O) groups excluding carboxylic acids is 1. The van der Waals surface area contributed by atoms with Gasteiger partial charge in [0.2, 0.25) is 0 Å². The third-order valence-corrected chi connectivity index (χ3v) is 7.92. The molecule has 190 valence electrons. The Morgan fingerprint density at radius 3 is 2.20 bits per heavy atom. The van der Waals surface area contributed by atoms with E-state index in [4.69, 9.17) is 28.4 Å². The van der Waals surface area contributed by atoms with Gasteiger partial charge in [-0.1, -0.05) is 12.8 Å². The van der Waals surface area contributed by atoms with Gasteiger partial charge in [-0.25, -0.2) is 4.79 Å². The molecule has 0 bridgehead atoms. The van der Waals surface area contributed by atoms with Crippen LogP contribution in [0.4, 0.5) is 5.69 Å². The van der Waals surface area contributed by atoms with E-state index in [1.54, 1.807) is 0 Å². The predicted molar refractivity (Wildman–Crippen MR) is 119 cm³/mol. The maximum absolute atomic E-state index is 13.1. The van der Waals surface area contributed by atoms with E-state index in [0.717, 1.165) is 57.8 Å². The van der Waals surface area contributed by atoms with Crippen molar-refractivity contribution in [1.82, 2.24) is 0 Å². The first kappa shape index (κ1) is 23.3. The van der Waals surface area contributed by atoms with Gasteiger partial charge >= 0.3 is 5.97 Å². The van der Waals surface area contributed by atoms with Crippen LogP contribution in [0.3, 0.4) is 0 Å². The number of non-ortho nitro benzene ring substituents is 1. The number of fused-ring (bicyclic) bond motifs is 1. The molecule has 2 saturated carbocycles. The third-order valence-electron chi connectivity index (χ3n) is 7.92. The van der Waals surface area contributed by atoms with Crippen LogP contribution in [0.15, 0.2) is 24.3 Å². The van der Waals surface area contributed by atoms with Crippen LogP contribution in [-0.4, -0.2) is 59.8 Å². The molecule has 0 N–H and O–H groups in total. The van der Waals surface area contributed by atoms with Crippen LogP contribution in [0, 0.1) is 10.1 Å². The smallest absolute Gasteiger partial charge is 0.338 e. The molecule has 1 aromatic carbocycles. The van der Waals surface area contributed by atoms with Gasteiger partial charge < -0.3 is 28.4 Å². The molecule has 1 aromatic rings. The maximum atomic E-state index is 13.1. The highest BCUT2D eigenvalue weighted by Crippen LogP contribution is 2.48. The molecule has 5 aliphatic rings. The number of nitro benzene ring substituents is 1. The average Bonchev–Trinajstić information content (AvgIpc) is 3.52. The van der Waals surface area contributed by atoms with E-state index in [2.05, 4.69) is 0 Å². The first-order valence-corrected chi connectivity index (χ1v) is 12.7. The summed E-state index contributed by atoms with van der Waals surface area (Å²) in [5.41, 5.74) is 0.126. The van der Waals surface area contributed by atoms with Gasteiger partial charge in [-0.05, 0) is 37.8 Å². The summed E-state index contributed by atoms with van der Waals surface area (Å²) in [7, 11) is 0. The van der Waals surface area contributed by atoms with Crippen LogP contribution in [0.2, 0.25) is 0 Å². The Hall–Kier alpha value is -2.11. The van der Waals surface area contributed by atoms with Gasteiger partial charge in [-0.3, -0.25) is 10.1 Å². The second-order valence-corrected chi connectivity index (χ2v) is 10.3. The Kier molecular flexibility index (Phi) is 6.04. The molecule has 6 rings (SSSR count). The second-order valence-electron chi connectivity index (χ2n) is 10.3. The molecular formula is C25H31NO9. The van der Waals surface area contributed by atoms with Crippen LogP contribution in [0.25, 0.3) is 0 Å². The highest BCUT2D eigenvalue weighted by atomic mass is 16.9. The van der Waals surface area contributed by atoms with Gasteiger partial charge in [0.1, 0.15) is 12.2 Å². The quantitative estimate of drug-likeness (QED) is 0.351. The number of esters is 1. The first-order valence-electron chi connectivity index (χ1n) is 12.7. The summed E-state index contributed by atoms with van der Waals surface area (Å²) in [5.74, 6) is -1.89. The number of nitrogens with zero attached hydrogens (tertiary/aromatic N) is 1. The highest BCUT2D eigenvalue weighted by molar-refractivity contribution is 5.89. The number of nitro groups is 1. The fourth-order valence-corrected chi connectivity index (χ4v) is 6.12. The van der Waals surface area contributed by atoms with Crippen molar-refractivity contribution in [3.05, 3.63) is 39.9 Å². The molecule has 0 aromatic heterocycles. The minimum atomic E-state index is -0.753. The zero-order valence-corrected chi connectivity index (χ0v) is 19.6. The predicted octanol–water partition coefficient (Wildman–Crippen LogP) is 4.00. The van der Waals surface area contributed by atoms with Crippen molar-refractivity contribution in [1.29, 1.82) is 0 Å². The molecule has 0 radical (unpaired) electrons. The molecular weight excluding hydrogens is 458 g/mol. The molecule has 3 aliphatic heterocycles. The van der Waals surface area contributed by atoms with Gasteiger partial charge in [0.05, 0.1) is 17.1 Å². The average molecular weight is 490 g/mol. The summed E-state index contributed by atoms with van der Waals surface area (Å²) in [4.78, 5) is 23.5. The summed E-state index contributed by atoms with van der Waals surface area (Å²) in [5, 5.41) is 11.0. The largest absolute Gasteiger partial charge is 0.453 e. The molecule has 3 heterocycles. The normalized spacial score (nSPS) is 35.3. The van der Waals surface area contributed by atoms with Gasteiger partial charge in [-0.2, -0.15) is 0 Å². The molecule has 2 spiro atoms. The van der Waals surface area contributed by atoms with E-state index in [-0.39, 0.29) is 11.3 Å². The standard InChI is InChI=1S/C25H31NO9/c27-22(16-7-9-17(10-8-16)26(28)29)31-20-19(18-15-30-24(33-18)11-3-1-4-12-24)32-23-21(20)34-25(35-23)13-5-2-6-14-25/h7-10,18-21,23H,1-6,11-15H2/t18-,19-,20+,21-,23-/m0/s1. The van der Waals surface area contributed by atoms with Gasteiger partial charge in [0, 0.05) is 37.8 Å². The lowest BCUT2D eigenvalue weighted by Crippen LogP contribution is -2.46. The third kappa shape index (κ3) is 4.35. The highest BCUT2D eigenvalue weighted by Gasteiger charge is 2.62. The summed E-state index contributed by atoms with van der Waals surface area (Å²) in [6.07, 6.45) is 6.68. The first-order chi connectivity index (χ1) is 17.0. The Morgan fingerprint density at radius 2 is 1.54 bits per heavy atom. The number of hydrogen-bond acceptors (Lipinski definition) is 9. The lowest BCUT2D eigenvalue weighted by molar-refractivity contribution is -0.384. The lowest BCUT2D eigenvalue weighted by Gasteiger charge is -2.35. The molecule has 5 atom stereocenters. The summed E-state index contributed by atoms with van der Waals surface area (Å²) in [6, 6.07) is 5.36. The van der Waals surface area contributed by atoms with E-state index in [9.17, 15) is 14.9 Å². The molecule has 2 aliphatic carbocycles. The van der Waals surface area contributed by atoms with Crippen molar-refractivity contribution in [2.24, 2.45) is 0 Å². The van der Waals surface area contributed by atoms with Crippen molar-refractivity contribution >= 4 is 11.7 Å². The molecule has 5 fully saturated rings. The SMILES string of the molecule is O=C(O[C@H]1[C@@H]2OC3(CCCCC3)O[C@@H]2O[C@H]1[C@@H]1COC2(CCCCC2)O1)c1ccc([N+](=O)[O-])cc1. The van der Waals surface area contributed by atoms with Crippen LogP contribution in [-0.2, 0) is 28.4 Å². The second kappa shape index (κ2) is 9.08. The van der Waals surface area contributed by atoms with Gasteiger partial charge in [-0.15, -0.1) is 0 Å². The van der Waals surface area contributed by atoms with Crippen LogP contribution < -0.4 is 0 Å². The van der Waals surface area contributed by atoms with Gasteiger partial charge in [0.15, 0.2) is 30.1 Å². The monoisotopic (exact) mass is 489 g/mol. The van der Waals surface area contributed by atoms with E-state index >= 15 is 0 Å². The Morgan fingerprint density at radius 1 is 0.886 bits per heavy atom. The van der Waals surface area contributed by atoms with E-state index in [0.29, 0.717) is 6.61 Å². The molecule has 0 unspecified atom stereocenters. The number of rotatable bonds is 4. The molecule has 10 heteroatoms. The summed E-state index contributed by atoms with van der Waals surface area (Å²) in [6.45, 7) is 0.348. The number of benzene rings is 1. The topological polar surface area (TPSA) is 116 Å². The fraction of sp³-hybridized carbons (Fsp3) is 0.720. The van der Waals surface area contributed by atoms with E-state index in [1.807, 2.05) is 0 Å². The Bertz CT molecular complexity index is 954. The zero-order chi connectivity index (χ0) is 24.0. The molecule has 3 saturated heterocycles. The van der Waals surface area contributed by atoms with Crippen molar-refractivity contribution in [3.8, 4) is 0 Å². The molecule has 35 heavy (non-hydrogen) atoms. The van der Waals surface area contributed by atoms with Gasteiger partial charge in [0.25, 0.3) is 5.69 Å². The number of hydrogen-bond donors (Lipinski definition) is 0. The van der Waals surface area contributed by atoms with Crippen molar-refractivity contribution < 1.29 is 38.1 Å². The van der Waals surface area contributed by atoms with E-state index < -0.39 is 53.2 Å². The number of carbonyl (C=O) groups is 1. The summed E-state index contributed by atoms with van der Waals surface area (Å²) < 4.78 is 37.5. The minimum Gasteiger partial charge on any atom is -0.453 e. The van der Waals surface area contributed by atoms with Crippen molar-refractivity contribution in [2.45, 2.75) is 106 Å². The minimum absolute atomic E-state index is 0.0928. The van der Waals surface area contributed by atoms with Crippen molar-refractivity contribution in [3.63, 3.8) is 0 Å². The zero-order valence-electron chi connectivity index (χ0n) is 19.6. The molecule has 10 nitrogen and oxygen atoms in total. The maximum Gasteiger partial charge on any atom is 0.338 e. The fourth-order valence-electron chi connectivity index (χ4n) is 6.12. The Labute approximate surface area is 203 Å². The van der Waals surface area contributed by atoms with Crippen LogP contribution in [0.1, 0.15) is 74.6 Å². The van der Waals surface area contributed by atoms with Crippen LogP contribution in [0.5, 0.6) is 0 Å². The Balaban J connectivity index is 1.22. The molecule has 0 amide bonds. The lowest BCUT2D eigenvalue weighted by atomic mass is 9.94.